The fourth-order valence-electron chi connectivity index (χ4n) is 3.93. The predicted octanol–water partition coefficient (Wildman–Crippen LogP) is 4.95. The molecule has 0 spiro atoms. The van der Waals surface area contributed by atoms with E-state index >= 15 is 0 Å². The summed E-state index contributed by atoms with van der Waals surface area (Å²) in [4.78, 5) is 19.1. The van der Waals surface area contributed by atoms with Crippen molar-refractivity contribution in [2.45, 2.75) is 38.0 Å². The highest BCUT2D eigenvalue weighted by Crippen LogP contribution is 2.32. The van der Waals surface area contributed by atoms with Crippen LogP contribution in [-0.4, -0.2) is 22.7 Å². The van der Waals surface area contributed by atoms with Crippen molar-refractivity contribution in [3.05, 3.63) is 105 Å². The lowest BCUT2D eigenvalue weighted by molar-refractivity contribution is -0.137. The van der Waals surface area contributed by atoms with Gasteiger partial charge in [0.25, 0.3) is 5.56 Å². The third-order valence-corrected chi connectivity index (χ3v) is 7.40. The van der Waals surface area contributed by atoms with Crippen molar-refractivity contribution < 1.29 is 21.6 Å². The first kappa shape index (κ1) is 24.6. The number of alkyl halides is 3. The minimum absolute atomic E-state index is 0.170. The lowest BCUT2D eigenvalue weighted by Crippen LogP contribution is -2.32. The number of fused-ring (bicyclic) bond motifs is 1. The van der Waals surface area contributed by atoms with E-state index in [0.29, 0.717) is 17.1 Å². The largest absolute Gasteiger partial charge is 0.416 e. The van der Waals surface area contributed by atoms with Crippen molar-refractivity contribution in [1.82, 2.24) is 14.3 Å². The van der Waals surface area contributed by atoms with Gasteiger partial charge >= 0.3 is 6.18 Å². The van der Waals surface area contributed by atoms with E-state index in [0.717, 1.165) is 39.0 Å². The molecule has 2 aromatic heterocycles. The molecule has 6 nitrogen and oxygen atoms in total. The third kappa shape index (κ3) is 5.28. The smallest absolute Gasteiger partial charge is 0.322 e. The van der Waals surface area contributed by atoms with Crippen LogP contribution in [0.25, 0.3) is 10.9 Å². The van der Waals surface area contributed by atoms with Crippen LogP contribution in [0.3, 0.4) is 0 Å². The summed E-state index contributed by atoms with van der Waals surface area (Å²) >= 11 is 0. The highest BCUT2D eigenvalue weighted by Gasteiger charge is 2.33. The Kier molecular flexibility index (Phi) is 6.52. The molecule has 0 radical (unpaired) electrons. The van der Waals surface area contributed by atoms with Gasteiger partial charge in [0, 0.05) is 41.9 Å². The van der Waals surface area contributed by atoms with Crippen molar-refractivity contribution in [1.29, 1.82) is 0 Å². The van der Waals surface area contributed by atoms with Gasteiger partial charge in [-0.05, 0) is 66.9 Å². The van der Waals surface area contributed by atoms with Crippen LogP contribution in [0.15, 0.2) is 76.7 Å². The zero-order valence-corrected chi connectivity index (χ0v) is 19.7. The number of aromatic nitrogens is 2. The average Bonchev–Trinajstić information content (AvgIpc) is 2.79. The number of hydrogen-bond donors (Lipinski definition) is 1. The molecule has 10 heteroatoms. The number of benzene rings is 2. The van der Waals surface area contributed by atoms with Gasteiger partial charge in [-0.15, -0.1) is 0 Å². The van der Waals surface area contributed by atoms with Crippen molar-refractivity contribution in [2.75, 3.05) is 0 Å². The first-order valence-corrected chi connectivity index (χ1v) is 12.1. The van der Waals surface area contributed by atoms with E-state index in [1.807, 2.05) is 26.0 Å². The predicted molar refractivity (Wildman–Crippen MR) is 126 cm³/mol. The molecule has 0 aliphatic carbocycles. The molecule has 1 N–H and O–H groups in total. The fourth-order valence-corrected chi connectivity index (χ4v) is 5.38. The molecular formula is C25H22F3N3O3S. The molecule has 0 fully saturated rings. The maximum atomic E-state index is 13.5. The number of hydrogen-bond acceptors (Lipinski definition) is 4. The normalized spacial score (nSPS) is 12.4. The highest BCUT2D eigenvalue weighted by molar-refractivity contribution is 7.89. The number of aryl methyl sites for hydroxylation is 2. The topological polar surface area (TPSA) is 83.1 Å². The van der Waals surface area contributed by atoms with Gasteiger partial charge in [0.1, 0.15) is 0 Å². The Morgan fingerprint density at radius 1 is 1.00 bits per heavy atom. The van der Waals surface area contributed by atoms with Crippen molar-refractivity contribution in [3.63, 3.8) is 0 Å². The zero-order valence-electron chi connectivity index (χ0n) is 18.9. The number of rotatable bonds is 6. The van der Waals surface area contributed by atoms with Crippen LogP contribution < -0.4 is 5.56 Å². The van der Waals surface area contributed by atoms with E-state index in [9.17, 15) is 26.4 Å². The van der Waals surface area contributed by atoms with Crippen LogP contribution in [0.4, 0.5) is 13.2 Å². The van der Waals surface area contributed by atoms with E-state index in [1.165, 1.54) is 12.4 Å². The Bertz CT molecular complexity index is 1550. The van der Waals surface area contributed by atoms with Gasteiger partial charge in [-0.1, -0.05) is 18.2 Å². The van der Waals surface area contributed by atoms with E-state index in [4.69, 9.17) is 0 Å². The Hall–Kier alpha value is -3.50. The van der Waals surface area contributed by atoms with Crippen LogP contribution in [0.2, 0.25) is 0 Å². The number of aromatic amines is 1. The Morgan fingerprint density at radius 3 is 2.46 bits per heavy atom. The maximum Gasteiger partial charge on any atom is 0.416 e. The summed E-state index contributed by atoms with van der Waals surface area (Å²) in [5.74, 6) is 0. The van der Waals surface area contributed by atoms with Crippen LogP contribution in [-0.2, 0) is 29.3 Å². The monoisotopic (exact) mass is 501 g/mol. The molecule has 0 saturated carbocycles. The molecule has 0 saturated heterocycles. The zero-order chi connectivity index (χ0) is 25.4. The summed E-state index contributed by atoms with van der Waals surface area (Å²) in [6.07, 6.45) is -1.72. The first-order chi connectivity index (χ1) is 16.4. The molecule has 0 amide bonds. The molecular weight excluding hydrogens is 479 g/mol. The molecule has 2 heterocycles. The number of nitrogens with zero attached hydrogens (tertiary/aromatic N) is 2. The molecule has 0 unspecified atom stereocenters. The van der Waals surface area contributed by atoms with Gasteiger partial charge in [-0.3, -0.25) is 9.78 Å². The van der Waals surface area contributed by atoms with Crippen LogP contribution in [0, 0.1) is 13.8 Å². The molecule has 182 valence electrons. The molecule has 0 bridgehead atoms. The second-order valence-corrected chi connectivity index (χ2v) is 10.3. The van der Waals surface area contributed by atoms with E-state index in [-0.39, 0.29) is 18.7 Å². The van der Waals surface area contributed by atoms with Crippen molar-refractivity contribution in [2.24, 2.45) is 0 Å². The first-order valence-electron chi connectivity index (χ1n) is 10.6. The number of halogens is 3. The Morgan fingerprint density at radius 2 is 1.77 bits per heavy atom. The number of nitrogens with one attached hydrogen (secondary N) is 1. The maximum absolute atomic E-state index is 13.5. The summed E-state index contributed by atoms with van der Waals surface area (Å²) in [7, 11) is -4.41. The van der Waals surface area contributed by atoms with E-state index in [2.05, 4.69) is 9.97 Å². The third-order valence-electron chi connectivity index (χ3n) is 5.62. The van der Waals surface area contributed by atoms with Crippen LogP contribution in [0.5, 0.6) is 0 Å². The van der Waals surface area contributed by atoms with Gasteiger partial charge < -0.3 is 4.98 Å². The average molecular weight is 502 g/mol. The van der Waals surface area contributed by atoms with E-state index < -0.39 is 32.2 Å². The number of sulfonamides is 1. The van der Waals surface area contributed by atoms with Crippen LogP contribution >= 0.6 is 0 Å². The van der Waals surface area contributed by atoms with Crippen LogP contribution in [0.1, 0.15) is 27.8 Å². The minimum Gasteiger partial charge on any atom is -0.322 e. The van der Waals surface area contributed by atoms with Crippen molar-refractivity contribution >= 4 is 20.9 Å². The molecule has 0 aliphatic rings. The summed E-state index contributed by atoms with van der Waals surface area (Å²) in [6, 6.07) is 12.2. The van der Waals surface area contributed by atoms with Gasteiger partial charge in [-0.2, -0.15) is 17.5 Å². The van der Waals surface area contributed by atoms with Gasteiger partial charge in [0.2, 0.25) is 10.0 Å². The molecule has 4 aromatic rings. The second-order valence-electron chi connectivity index (χ2n) is 8.33. The highest BCUT2D eigenvalue weighted by atomic mass is 32.2. The van der Waals surface area contributed by atoms with Gasteiger partial charge in [0.15, 0.2) is 0 Å². The lowest BCUT2D eigenvalue weighted by atomic mass is 10.0. The summed E-state index contributed by atoms with van der Waals surface area (Å²) in [5.41, 5.74) is 1.62. The molecule has 0 atom stereocenters. The minimum atomic E-state index is -4.70. The number of pyridine rings is 2. The molecule has 4 rings (SSSR count). The van der Waals surface area contributed by atoms with Gasteiger partial charge in [0.05, 0.1) is 10.5 Å². The van der Waals surface area contributed by atoms with Gasteiger partial charge in [-0.25, -0.2) is 8.42 Å². The molecule has 0 aliphatic heterocycles. The summed E-state index contributed by atoms with van der Waals surface area (Å²) in [5, 5.41) is 0.753. The molecule has 35 heavy (non-hydrogen) atoms. The molecule has 2 aromatic carbocycles. The van der Waals surface area contributed by atoms with E-state index in [1.54, 1.807) is 18.2 Å². The van der Waals surface area contributed by atoms with Crippen molar-refractivity contribution in [3.8, 4) is 0 Å². The quantitative estimate of drug-likeness (QED) is 0.405. The SMILES string of the molecule is Cc1cc(C)c2cc(CN(Cc3cccnc3)S(=O)(=O)c3cccc(C(F)(F)F)c3)c(=O)[nH]c2c1. The lowest BCUT2D eigenvalue weighted by Gasteiger charge is -2.23. The Balaban J connectivity index is 1.81. The summed E-state index contributed by atoms with van der Waals surface area (Å²) in [6.45, 7) is 3.25. The fraction of sp³-hybridized carbons (Fsp3) is 0.200. The Labute approximate surface area is 200 Å². The summed E-state index contributed by atoms with van der Waals surface area (Å²) < 4.78 is 67.8. The standard InChI is InChI=1S/C25H22F3N3O3S/c1-16-9-17(2)22-11-19(24(32)30-23(22)10-16)15-31(14-18-5-4-8-29-13-18)35(33,34)21-7-3-6-20(12-21)25(26,27)28/h3-13H,14-15H2,1-2H3,(H,30,32). The second kappa shape index (κ2) is 9.27. The number of H-pyrrole nitrogens is 1.